The van der Waals surface area contributed by atoms with Gasteiger partial charge in [0.05, 0.1) is 5.69 Å². The molecule has 3 rings (SSSR count). The molecule has 25 heavy (non-hydrogen) atoms. The van der Waals surface area contributed by atoms with E-state index in [1.165, 1.54) is 0 Å². The quantitative estimate of drug-likeness (QED) is 0.871. The molecular weight excluding hydrogens is 318 g/mol. The first-order valence-electron chi connectivity index (χ1n) is 8.86. The monoisotopic (exact) mass is 343 g/mol. The van der Waals surface area contributed by atoms with Crippen LogP contribution in [0.15, 0.2) is 24.4 Å². The molecule has 2 aromatic rings. The van der Waals surface area contributed by atoms with Crippen molar-refractivity contribution in [1.82, 2.24) is 19.7 Å². The lowest BCUT2D eigenvalue weighted by atomic mass is 10.2. The second kappa shape index (κ2) is 7.55. The highest BCUT2D eigenvalue weighted by atomic mass is 16.2. The van der Waals surface area contributed by atoms with Gasteiger partial charge in [0.15, 0.2) is 0 Å². The van der Waals surface area contributed by atoms with Gasteiger partial charge in [-0.15, -0.1) is 0 Å². The summed E-state index contributed by atoms with van der Waals surface area (Å²) >= 11 is 0. The molecule has 1 N–H and O–H groups in total. The van der Waals surface area contributed by atoms with Crippen molar-refractivity contribution >= 4 is 17.6 Å². The van der Waals surface area contributed by atoms with E-state index < -0.39 is 0 Å². The van der Waals surface area contributed by atoms with Gasteiger partial charge in [-0.25, -0.2) is 4.68 Å². The van der Waals surface area contributed by atoms with Gasteiger partial charge >= 0.3 is 0 Å². The topological polar surface area (TPSA) is 72.2 Å². The zero-order valence-corrected chi connectivity index (χ0v) is 14.9. The van der Waals surface area contributed by atoms with Crippen LogP contribution in [0.2, 0.25) is 0 Å². The van der Waals surface area contributed by atoms with Crippen molar-refractivity contribution in [2.45, 2.75) is 39.2 Å². The first-order chi connectivity index (χ1) is 12.1. The number of nitrogens with one attached hydrogen (secondary N) is 1. The molecule has 1 aliphatic heterocycles. The molecule has 0 radical (unpaired) electrons. The number of anilines is 1. The molecule has 0 atom stereocenters. The Labute approximate surface area is 147 Å². The fourth-order valence-electron chi connectivity index (χ4n) is 3.09. The highest BCUT2D eigenvalue weighted by Gasteiger charge is 2.25. The van der Waals surface area contributed by atoms with Gasteiger partial charge < -0.3 is 9.88 Å². The Kier molecular flexibility index (Phi) is 5.21. The van der Waals surface area contributed by atoms with E-state index in [0.717, 1.165) is 36.6 Å². The summed E-state index contributed by atoms with van der Waals surface area (Å²) in [4.78, 5) is 26.1. The Bertz CT molecular complexity index is 761. The predicted octanol–water partition coefficient (Wildman–Crippen LogP) is 1.93. The van der Waals surface area contributed by atoms with Crippen molar-refractivity contribution in [3.8, 4) is 11.4 Å². The summed E-state index contributed by atoms with van der Waals surface area (Å²) in [5.74, 6) is 0.734. The lowest BCUT2D eigenvalue weighted by molar-refractivity contribution is -0.125. The Morgan fingerprint density at radius 1 is 1.28 bits per heavy atom. The summed E-state index contributed by atoms with van der Waals surface area (Å²) in [5, 5.41) is 7.45. The van der Waals surface area contributed by atoms with Gasteiger partial charge in [0.1, 0.15) is 11.5 Å². The molecule has 134 valence electrons. The molecular formula is C18H25N5O2. The molecule has 0 bridgehead atoms. The van der Waals surface area contributed by atoms with E-state index in [-0.39, 0.29) is 24.7 Å². The van der Waals surface area contributed by atoms with Gasteiger partial charge in [-0.05, 0) is 25.0 Å². The minimum absolute atomic E-state index is 0.0223. The molecule has 2 amide bonds. The summed E-state index contributed by atoms with van der Waals surface area (Å²) < 4.78 is 3.90. The number of nitrogens with zero attached hydrogens (tertiary/aromatic N) is 4. The van der Waals surface area contributed by atoms with Gasteiger partial charge in [0, 0.05) is 51.8 Å². The maximum absolute atomic E-state index is 12.6. The number of fused-ring (bicyclic) bond motifs is 1. The van der Waals surface area contributed by atoms with Gasteiger partial charge in [-0.3, -0.25) is 14.5 Å². The second-order valence-electron chi connectivity index (χ2n) is 6.36. The average Bonchev–Trinajstić information content (AvgIpc) is 3.22. The Morgan fingerprint density at radius 3 is 2.84 bits per heavy atom. The molecule has 0 aromatic carbocycles. The first-order valence-corrected chi connectivity index (χ1v) is 8.86. The van der Waals surface area contributed by atoms with E-state index in [9.17, 15) is 9.59 Å². The molecule has 0 fully saturated rings. The predicted molar refractivity (Wildman–Crippen MR) is 96.1 cm³/mol. The zero-order chi connectivity index (χ0) is 17.8. The summed E-state index contributed by atoms with van der Waals surface area (Å²) in [7, 11) is 1.98. The number of carbonyl (C=O) groups is 2. The molecule has 1 aliphatic rings. The molecule has 0 aliphatic carbocycles. The highest BCUT2D eigenvalue weighted by Crippen LogP contribution is 2.28. The van der Waals surface area contributed by atoms with E-state index in [4.69, 9.17) is 0 Å². The van der Waals surface area contributed by atoms with Crippen LogP contribution in [0.3, 0.4) is 0 Å². The fraction of sp³-hybridized carbons (Fsp3) is 0.500. The Morgan fingerprint density at radius 2 is 2.12 bits per heavy atom. The van der Waals surface area contributed by atoms with Crippen LogP contribution in [0, 0.1) is 0 Å². The van der Waals surface area contributed by atoms with E-state index in [0.29, 0.717) is 13.1 Å². The van der Waals surface area contributed by atoms with Crippen molar-refractivity contribution < 1.29 is 9.59 Å². The second-order valence-corrected chi connectivity index (χ2v) is 6.36. The molecule has 7 heteroatoms. The average molecular weight is 343 g/mol. The summed E-state index contributed by atoms with van der Waals surface area (Å²) in [6.45, 7) is 4.14. The van der Waals surface area contributed by atoms with Crippen LogP contribution in [-0.4, -0.2) is 39.3 Å². The van der Waals surface area contributed by atoms with Crippen molar-refractivity contribution in [3.05, 3.63) is 24.4 Å². The molecule has 0 saturated carbocycles. The lowest BCUT2D eigenvalue weighted by Crippen LogP contribution is -2.38. The van der Waals surface area contributed by atoms with Crippen LogP contribution in [0.4, 0.5) is 5.82 Å². The van der Waals surface area contributed by atoms with Gasteiger partial charge in [-0.2, -0.15) is 5.10 Å². The van der Waals surface area contributed by atoms with Crippen LogP contribution >= 0.6 is 0 Å². The largest absolute Gasteiger partial charge is 0.356 e. The SMILES string of the molecule is CCCNC(=O)CCC(=O)N1CCCn2nc(-c3cccn3C)cc21. The van der Waals surface area contributed by atoms with Crippen molar-refractivity contribution in [1.29, 1.82) is 0 Å². The van der Waals surface area contributed by atoms with Crippen LogP contribution in [0.5, 0.6) is 0 Å². The van der Waals surface area contributed by atoms with Crippen LogP contribution in [-0.2, 0) is 23.2 Å². The zero-order valence-electron chi connectivity index (χ0n) is 14.9. The van der Waals surface area contributed by atoms with E-state index in [2.05, 4.69) is 10.4 Å². The summed E-state index contributed by atoms with van der Waals surface area (Å²) in [6, 6.07) is 5.95. The minimum atomic E-state index is -0.0646. The van der Waals surface area contributed by atoms with Crippen LogP contribution in [0.1, 0.15) is 32.6 Å². The molecule has 0 spiro atoms. The van der Waals surface area contributed by atoms with Gasteiger partial charge in [0.25, 0.3) is 0 Å². The third-order valence-corrected chi connectivity index (χ3v) is 4.43. The summed E-state index contributed by atoms with van der Waals surface area (Å²) in [5.41, 5.74) is 1.89. The van der Waals surface area contributed by atoms with Gasteiger partial charge in [-0.1, -0.05) is 6.92 Å². The van der Waals surface area contributed by atoms with E-state index >= 15 is 0 Å². The van der Waals surface area contributed by atoms with Crippen molar-refractivity contribution in [3.63, 3.8) is 0 Å². The highest BCUT2D eigenvalue weighted by molar-refractivity contribution is 5.95. The number of hydrogen-bond acceptors (Lipinski definition) is 3. The molecule has 3 heterocycles. The standard InChI is InChI=1S/C18H25N5O2/c1-3-9-19-16(24)7-8-18(25)22-11-5-12-23-17(22)13-14(20-23)15-6-4-10-21(15)2/h4,6,10,13H,3,5,7-9,11-12H2,1-2H3,(H,19,24). The number of amides is 2. The Hall–Kier alpha value is -2.57. The maximum Gasteiger partial charge on any atom is 0.228 e. The smallest absolute Gasteiger partial charge is 0.228 e. The molecule has 7 nitrogen and oxygen atoms in total. The fourth-order valence-corrected chi connectivity index (χ4v) is 3.09. The normalized spacial score (nSPS) is 13.6. The van der Waals surface area contributed by atoms with E-state index in [1.54, 1.807) is 4.90 Å². The number of hydrogen-bond donors (Lipinski definition) is 1. The number of aryl methyl sites for hydroxylation is 2. The number of aromatic nitrogens is 3. The van der Waals surface area contributed by atoms with Gasteiger partial charge in [0.2, 0.25) is 11.8 Å². The third-order valence-electron chi connectivity index (χ3n) is 4.43. The van der Waals surface area contributed by atoms with Crippen LogP contribution < -0.4 is 10.2 Å². The molecule has 0 unspecified atom stereocenters. The van der Waals surface area contributed by atoms with Crippen LogP contribution in [0.25, 0.3) is 11.4 Å². The number of carbonyl (C=O) groups excluding carboxylic acids is 2. The minimum Gasteiger partial charge on any atom is -0.356 e. The van der Waals surface area contributed by atoms with Crippen molar-refractivity contribution in [2.24, 2.45) is 7.05 Å². The number of rotatable bonds is 6. The summed E-state index contributed by atoms with van der Waals surface area (Å²) in [6.07, 6.45) is 4.20. The maximum atomic E-state index is 12.6. The Balaban J connectivity index is 1.71. The van der Waals surface area contributed by atoms with E-state index in [1.807, 2.05) is 47.6 Å². The molecule has 0 saturated heterocycles. The molecule has 2 aromatic heterocycles. The first kappa shape index (κ1) is 17.3. The lowest BCUT2D eigenvalue weighted by Gasteiger charge is -2.27. The third kappa shape index (κ3) is 3.75. The van der Waals surface area contributed by atoms with Crippen molar-refractivity contribution in [2.75, 3.05) is 18.0 Å².